The van der Waals surface area contributed by atoms with Crippen molar-refractivity contribution >= 4 is 17.4 Å². The van der Waals surface area contributed by atoms with E-state index in [0.29, 0.717) is 31.1 Å². The zero-order chi connectivity index (χ0) is 21.5. The number of hydrogen-bond acceptors (Lipinski definition) is 5. The third-order valence-electron chi connectivity index (χ3n) is 5.32. The van der Waals surface area contributed by atoms with Gasteiger partial charge in [0.15, 0.2) is 11.6 Å². The van der Waals surface area contributed by atoms with Crippen LogP contribution in [-0.4, -0.2) is 43.2 Å². The van der Waals surface area contributed by atoms with E-state index < -0.39 is 0 Å². The average Bonchev–Trinajstić information content (AvgIpc) is 3.21. The minimum absolute atomic E-state index is 0.0173. The highest BCUT2D eigenvalue weighted by atomic mass is 19.1. The molecule has 6 nitrogen and oxygen atoms in total. The summed E-state index contributed by atoms with van der Waals surface area (Å²) in [6, 6.07) is 9.36. The van der Waals surface area contributed by atoms with Crippen molar-refractivity contribution in [1.82, 2.24) is 10.3 Å². The number of hydrogen-bond donors (Lipinski definition) is 2. The fourth-order valence-electron chi connectivity index (χ4n) is 3.59. The van der Waals surface area contributed by atoms with Crippen LogP contribution in [-0.2, 0) is 4.79 Å². The van der Waals surface area contributed by atoms with Crippen LogP contribution in [0.1, 0.15) is 45.1 Å². The van der Waals surface area contributed by atoms with Gasteiger partial charge in [-0.2, -0.15) is 0 Å². The van der Waals surface area contributed by atoms with Gasteiger partial charge in [0.1, 0.15) is 11.9 Å². The second kappa shape index (κ2) is 10.3. The van der Waals surface area contributed by atoms with Gasteiger partial charge in [0.25, 0.3) is 0 Å². The van der Waals surface area contributed by atoms with Crippen LogP contribution in [0.4, 0.5) is 15.9 Å². The average molecular weight is 415 g/mol. The SMILES string of the molecule is CCCNc1nccc(N2CCC(Oc3ccc(C(C)C(=O)NCC)cc3)C2)c1F. The molecule has 3 rings (SSSR count). The molecule has 1 aromatic heterocycles. The molecule has 1 amide bonds. The second-order valence-electron chi connectivity index (χ2n) is 7.58. The number of pyridine rings is 1. The van der Waals surface area contributed by atoms with E-state index in [9.17, 15) is 9.18 Å². The number of benzene rings is 1. The number of anilines is 2. The molecule has 7 heteroatoms. The Morgan fingerprint density at radius 1 is 1.30 bits per heavy atom. The summed E-state index contributed by atoms with van der Waals surface area (Å²) in [4.78, 5) is 18.1. The van der Waals surface area contributed by atoms with Crippen LogP contribution >= 0.6 is 0 Å². The molecule has 2 aromatic rings. The van der Waals surface area contributed by atoms with Gasteiger partial charge in [0.05, 0.1) is 18.2 Å². The number of amides is 1. The number of rotatable bonds is 9. The zero-order valence-corrected chi connectivity index (χ0v) is 18.0. The van der Waals surface area contributed by atoms with Crippen LogP contribution in [0.15, 0.2) is 36.5 Å². The second-order valence-corrected chi connectivity index (χ2v) is 7.58. The molecular weight excluding hydrogens is 383 g/mol. The molecule has 2 heterocycles. The maximum Gasteiger partial charge on any atom is 0.227 e. The van der Waals surface area contributed by atoms with Gasteiger partial charge < -0.3 is 20.3 Å². The third kappa shape index (κ3) is 5.20. The quantitative estimate of drug-likeness (QED) is 0.651. The lowest BCUT2D eigenvalue weighted by molar-refractivity contribution is -0.122. The predicted octanol–water partition coefficient (Wildman–Crippen LogP) is 3.94. The number of halogens is 1. The van der Waals surface area contributed by atoms with E-state index in [2.05, 4.69) is 15.6 Å². The van der Waals surface area contributed by atoms with Gasteiger partial charge in [-0.3, -0.25) is 4.79 Å². The summed E-state index contributed by atoms with van der Waals surface area (Å²) in [6.07, 6.45) is 3.35. The first-order valence-electron chi connectivity index (χ1n) is 10.7. The van der Waals surface area contributed by atoms with Crippen molar-refractivity contribution in [1.29, 1.82) is 0 Å². The lowest BCUT2D eigenvalue weighted by Crippen LogP contribution is -2.27. The fraction of sp³-hybridized carbons (Fsp3) is 0.478. The van der Waals surface area contributed by atoms with Crippen molar-refractivity contribution in [2.45, 2.75) is 45.6 Å². The summed E-state index contributed by atoms with van der Waals surface area (Å²) in [5.74, 6) is 0.566. The van der Waals surface area contributed by atoms with E-state index in [0.717, 1.165) is 30.7 Å². The molecule has 30 heavy (non-hydrogen) atoms. The first kappa shape index (κ1) is 21.9. The number of aromatic nitrogens is 1. The molecule has 1 aliphatic rings. The number of carbonyl (C=O) groups is 1. The summed E-state index contributed by atoms with van der Waals surface area (Å²) in [7, 11) is 0. The molecule has 1 aromatic carbocycles. The summed E-state index contributed by atoms with van der Waals surface area (Å²) in [6.45, 7) is 8.49. The minimum Gasteiger partial charge on any atom is -0.489 e. The van der Waals surface area contributed by atoms with E-state index in [1.165, 1.54) is 0 Å². The molecule has 1 saturated heterocycles. The van der Waals surface area contributed by atoms with Gasteiger partial charge in [-0.25, -0.2) is 9.37 Å². The number of nitrogens with one attached hydrogen (secondary N) is 2. The van der Waals surface area contributed by atoms with E-state index in [-0.39, 0.29) is 23.7 Å². The van der Waals surface area contributed by atoms with Gasteiger partial charge in [0.2, 0.25) is 5.91 Å². The van der Waals surface area contributed by atoms with Gasteiger partial charge in [-0.05, 0) is 44.0 Å². The standard InChI is InChI=1S/C23H31FN4O2/c1-4-12-26-22-21(24)20(10-13-27-22)28-14-11-19(15-28)30-18-8-6-17(7-9-18)16(3)23(29)25-5-2/h6-10,13,16,19H,4-5,11-12,14-15H2,1-3H3,(H,25,29)(H,26,27). The maximum atomic E-state index is 14.8. The Morgan fingerprint density at radius 2 is 2.07 bits per heavy atom. The number of ether oxygens (including phenoxy) is 1. The molecular formula is C23H31FN4O2. The Bertz CT molecular complexity index is 844. The molecule has 0 bridgehead atoms. The largest absolute Gasteiger partial charge is 0.489 e. The number of carbonyl (C=O) groups excluding carboxylic acids is 1. The van der Waals surface area contributed by atoms with Crippen molar-refractivity contribution in [3.05, 3.63) is 47.9 Å². The zero-order valence-electron chi connectivity index (χ0n) is 18.0. The highest BCUT2D eigenvalue weighted by Crippen LogP contribution is 2.29. The smallest absolute Gasteiger partial charge is 0.227 e. The van der Waals surface area contributed by atoms with Gasteiger partial charge in [0, 0.05) is 32.3 Å². The van der Waals surface area contributed by atoms with Crippen LogP contribution in [0.3, 0.4) is 0 Å². The monoisotopic (exact) mass is 414 g/mol. The van der Waals surface area contributed by atoms with Crippen LogP contribution in [0.5, 0.6) is 5.75 Å². The van der Waals surface area contributed by atoms with Crippen molar-refractivity contribution in [3.63, 3.8) is 0 Å². The third-order valence-corrected chi connectivity index (χ3v) is 5.32. The molecule has 2 N–H and O–H groups in total. The summed E-state index contributed by atoms with van der Waals surface area (Å²) in [5, 5.41) is 5.88. The molecule has 162 valence electrons. The molecule has 2 unspecified atom stereocenters. The predicted molar refractivity (Wildman–Crippen MR) is 118 cm³/mol. The molecule has 0 aliphatic carbocycles. The van der Waals surface area contributed by atoms with E-state index in [1.807, 2.05) is 49.9 Å². The van der Waals surface area contributed by atoms with Crippen LogP contribution in [0.2, 0.25) is 0 Å². The highest BCUT2D eigenvalue weighted by molar-refractivity contribution is 5.83. The van der Waals surface area contributed by atoms with E-state index in [4.69, 9.17) is 4.74 Å². The van der Waals surface area contributed by atoms with Gasteiger partial charge in [-0.15, -0.1) is 0 Å². The van der Waals surface area contributed by atoms with Crippen molar-refractivity contribution in [2.24, 2.45) is 0 Å². The number of nitrogens with zero attached hydrogens (tertiary/aromatic N) is 2. The van der Waals surface area contributed by atoms with Crippen molar-refractivity contribution < 1.29 is 13.9 Å². The van der Waals surface area contributed by atoms with E-state index in [1.54, 1.807) is 12.3 Å². The van der Waals surface area contributed by atoms with Crippen LogP contribution in [0, 0.1) is 5.82 Å². The molecule has 0 saturated carbocycles. The van der Waals surface area contributed by atoms with E-state index >= 15 is 0 Å². The first-order chi connectivity index (χ1) is 14.5. The first-order valence-corrected chi connectivity index (χ1v) is 10.7. The Labute approximate surface area is 177 Å². The highest BCUT2D eigenvalue weighted by Gasteiger charge is 2.27. The lowest BCUT2D eigenvalue weighted by Gasteiger charge is -2.21. The van der Waals surface area contributed by atoms with Crippen molar-refractivity contribution in [2.75, 3.05) is 36.4 Å². The number of likely N-dealkylation sites (N-methyl/N-ethyl adjacent to an activating group) is 1. The van der Waals surface area contributed by atoms with Crippen LogP contribution < -0.4 is 20.3 Å². The lowest BCUT2D eigenvalue weighted by atomic mass is 10.0. The molecule has 0 spiro atoms. The fourth-order valence-corrected chi connectivity index (χ4v) is 3.59. The Kier molecular flexibility index (Phi) is 7.49. The summed E-state index contributed by atoms with van der Waals surface area (Å²) in [5.41, 5.74) is 1.51. The molecule has 1 fully saturated rings. The van der Waals surface area contributed by atoms with Crippen LogP contribution in [0.25, 0.3) is 0 Å². The molecule has 0 radical (unpaired) electrons. The molecule has 2 atom stereocenters. The summed E-state index contributed by atoms with van der Waals surface area (Å²) < 4.78 is 20.9. The topological polar surface area (TPSA) is 66.5 Å². The molecule has 1 aliphatic heterocycles. The Balaban J connectivity index is 1.59. The Morgan fingerprint density at radius 3 is 2.77 bits per heavy atom. The van der Waals surface area contributed by atoms with Gasteiger partial charge >= 0.3 is 0 Å². The Hall–Kier alpha value is -2.83. The normalized spacial score (nSPS) is 16.9. The van der Waals surface area contributed by atoms with Gasteiger partial charge in [-0.1, -0.05) is 19.1 Å². The van der Waals surface area contributed by atoms with Crippen molar-refractivity contribution in [3.8, 4) is 5.75 Å². The maximum absolute atomic E-state index is 14.8. The summed E-state index contributed by atoms with van der Waals surface area (Å²) >= 11 is 0. The minimum atomic E-state index is -0.310.